The molecule has 0 spiro atoms. The summed E-state index contributed by atoms with van der Waals surface area (Å²) in [7, 11) is -4.11. The van der Waals surface area contributed by atoms with E-state index in [1.807, 2.05) is 45.0 Å². The first-order valence-corrected chi connectivity index (χ1v) is 24.0. The molecule has 2 aliphatic rings. The van der Waals surface area contributed by atoms with Gasteiger partial charge in [0.25, 0.3) is 23.6 Å². The quantitative estimate of drug-likeness (QED) is 0.0932. The van der Waals surface area contributed by atoms with Gasteiger partial charge < -0.3 is 9.47 Å². The predicted octanol–water partition coefficient (Wildman–Crippen LogP) is 12.3. The summed E-state index contributed by atoms with van der Waals surface area (Å²) < 4.78 is 40.2. The summed E-state index contributed by atoms with van der Waals surface area (Å²) in [5.41, 5.74) is 3.96. The van der Waals surface area contributed by atoms with Crippen LogP contribution in [0.25, 0.3) is 0 Å². The minimum absolute atomic E-state index is 0.0824. The topological polar surface area (TPSA) is 127 Å². The summed E-state index contributed by atoms with van der Waals surface area (Å²) in [4.78, 5) is 56.9. The van der Waals surface area contributed by atoms with Crippen molar-refractivity contribution in [3.63, 3.8) is 0 Å². The minimum atomic E-state index is -4.11. The lowest BCUT2D eigenvalue weighted by Crippen LogP contribution is -2.32. The van der Waals surface area contributed by atoms with Crippen LogP contribution in [0.15, 0.2) is 143 Å². The normalized spacial score (nSPS) is 14.2. The highest BCUT2D eigenvalue weighted by molar-refractivity contribution is 7.91. The van der Waals surface area contributed by atoms with Gasteiger partial charge in [-0.25, -0.2) is 18.2 Å². The lowest BCUT2D eigenvalue weighted by molar-refractivity contribution is 0.0774. The predicted molar refractivity (Wildman–Crippen MR) is 256 cm³/mol. The van der Waals surface area contributed by atoms with E-state index in [1.165, 1.54) is 59.7 Å². The van der Waals surface area contributed by atoms with Gasteiger partial charge in [-0.3, -0.25) is 19.2 Å². The lowest BCUT2D eigenvalue weighted by atomic mass is 9.74. The number of hydrogen-bond donors (Lipinski definition) is 0. The second-order valence-electron chi connectivity index (χ2n) is 18.1. The van der Waals surface area contributed by atoms with Crippen LogP contribution in [0.3, 0.4) is 0 Å². The Labute approximate surface area is 387 Å². The molecule has 0 radical (unpaired) electrons. The van der Waals surface area contributed by atoms with E-state index < -0.39 is 39.1 Å². The Kier molecular flexibility index (Phi) is 11.9. The molecule has 0 saturated heterocycles. The van der Waals surface area contributed by atoms with E-state index in [-0.39, 0.29) is 60.0 Å². The van der Waals surface area contributed by atoms with E-state index >= 15 is 0 Å². The average molecular weight is 903 g/mol. The molecule has 11 heteroatoms. The van der Waals surface area contributed by atoms with Crippen molar-refractivity contribution in [1.82, 2.24) is 0 Å². The smallest absolute Gasteiger partial charge is 0.269 e. The molecule has 10 nitrogen and oxygen atoms in total. The Morgan fingerprint density at radius 1 is 0.470 bits per heavy atom. The van der Waals surface area contributed by atoms with Crippen LogP contribution in [0.5, 0.6) is 17.2 Å². The number of fused-ring (bicyclic) bond motifs is 2. The molecule has 0 N–H and O–H groups in total. The third-order valence-corrected chi connectivity index (χ3v) is 15.9. The lowest BCUT2D eigenvalue weighted by Gasteiger charge is -2.30. The number of imide groups is 2. The maximum Gasteiger partial charge on any atom is 0.269 e. The highest BCUT2D eigenvalue weighted by Crippen LogP contribution is 2.41. The van der Waals surface area contributed by atoms with Gasteiger partial charge in [-0.2, -0.15) is 0 Å². The molecule has 66 heavy (non-hydrogen) atoms. The van der Waals surface area contributed by atoms with Crippen LogP contribution >= 0.6 is 0 Å². The second-order valence-corrected chi connectivity index (χ2v) is 20.0. The van der Waals surface area contributed by atoms with E-state index in [0.29, 0.717) is 24.3 Å². The fourth-order valence-electron chi connectivity index (χ4n) is 8.67. The summed E-state index contributed by atoms with van der Waals surface area (Å²) in [6.45, 7) is 17.1. The van der Waals surface area contributed by atoms with Crippen molar-refractivity contribution in [2.45, 2.75) is 107 Å². The zero-order chi connectivity index (χ0) is 47.3. The highest BCUT2D eigenvalue weighted by Gasteiger charge is 2.42. The Balaban J connectivity index is 0.965. The van der Waals surface area contributed by atoms with Gasteiger partial charge >= 0.3 is 0 Å². The Morgan fingerprint density at radius 2 is 0.879 bits per heavy atom. The summed E-state index contributed by atoms with van der Waals surface area (Å²) in [5, 5.41) is 0. The fraction of sp³-hybridized carbons (Fsp3) is 0.273. The number of rotatable bonds is 15. The van der Waals surface area contributed by atoms with Gasteiger partial charge in [0.1, 0.15) is 22.8 Å². The van der Waals surface area contributed by atoms with E-state index in [1.54, 1.807) is 36.4 Å². The van der Waals surface area contributed by atoms with Crippen LogP contribution in [-0.4, -0.2) is 37.6 Å². The molecule has 338 valence electrons. The van der Waals surface area contributed by atoms with Crippen molar-refractivity contribution in [3.05, 3.63) is 172 Å². The third-order valence-electron chi connectivity index (χ3n) is 14.1. The molecule has 0 bridgehead atoms. The maximum absolute atomic E-state index is 14.0. The van der Waals surface area contributed by atoms with Gasteiger partial charge in [0.2, 0.25) is 9.84 Å². The number of carbonyl (C=O) groups excluding carboxylic acids is 4. The van der Waals surface area contributed by atoms with Crippen LogP contribution < -0.4 is 19.3 Å². The van der Waals surface area contributed by atoms with Crippen LogP contribution in [-0.2, 0) is 20.7 Å². The molecule has 4 amide bonds. The average Bonchev–Trinajstić information content (AvgIpc) is 3.75. The number of anilines is 2. The van der Waals surface area contributed by atoms with E-state index in [4.69, 9.17) is 9.47 Å². The second kappa shape index (κ2) is 17.2. The molecule has 6 aromatic carbocycles. The van der Waals surface area contributed by atoms with Gasteiger partial charge in [-0.1, -0.05) is 97.0 Å². The molecule has 0 atom stereocenters. The largest absolute Gasteiger partial charge is 0.487 e. The molecular formula is C55H54N2O8S. The van der Waals surface area contributed by atoms with Crippen molar-refractivity contribution >= 4 is 44.8 Å². The number of carbonyl (C=O) groups is 4. The van der Waals surface area contributed by atoms with Crippen molar-refractivity contribution in [3.8, 4) is 17.2 Å². The van der Waals surface area contributed by atoms with Gasteiger partial charge in [0.15, 0.2) is 0 Å². The number of nitrogens with zero attached hydrogens (tertiary/aromatic N) is 2. The van der Waals surface area contributed by atoms with Gasteiger partial charge in [0, 0.05) is 5.41 Å². The third kappa shape index (κ3) is 7.78. The van der Waals surface area contributed by atoms with Crippen molar-refractivity contribution in [2.24, 2.45) is 0 Å². The number of hydrogen-bond acceptors (Lipinski definition) is 8. The number of benzene rings is 6. The molecule has 2 heterocycles. The standard InChI is InChI=1S/C55H54N2O8S/c1-9-54(7,10-2)37-21-19-35(20-22-37)53(5,6)36-23-29-40(30-24-36)64-45-17-13-15-43-47(45)51(60)56(49(43)58)38-25-31-41(32-26-38)66(62,63)42-33-27-39(28-34-42)57-50(59)44-16-14-18-46(48(44)52(57)61)65-55(8,11-3)12-4/h13-34H,9-12H2,1-8H3. The molecule has 2 aliphatic heterocycles. The molecule has 6 aromatic rings. The van der Waals surface area contributed by atoms with Crippen LogP contribution in [0.1, 0.15) is 139 Å². The Bertz CT molecular complexity index is 2990. The summed E-state index contributed by atoms with van der Waals surface area (Å²) in [5.74, 6) is -1.22. The summed E-state index contributed by atoms with van der Waals surface area (Å²) in [6, 6.07) is 37.4. The SMILES string of the molecule is CCC(C)(CC)Oc1cccc2c1C(=O)N(c1ccc(S(=O)(=O)c3ccc(N4C(=O)c5cccc(Oc6ccc(C(C)(C)c7ccc(C(C)(CC)CC)cc7)cc6)c5C4=O)cc3)cc1)C2=O. The van der Waals surface area contributed by atoms with Crippen LogP contribution in [0, 0.1) is 0 Å². The maximum atomic E-state index is 14.0. The summed E-state index contributed by atoms with van der Waals surface area (Å²) >= 11 is 0. The van der Waals surface area contributed by atoms with E-state index in [9.17, 15) is 27.6 Å². The highest BCUT2D eigenvalue weighted by atomic mass is 32.2. The van der Waals surface area contributed by atoms with Crippen molar-refractivity contribution < 1.29 is 37.1 Å². The fourth-order valence-corrected chi connectivity index (χ4v) is 9.93. The minimum Gasteiger partial charge on any atom is -0.487 e. The van der Waals surface area contributed by atoms with E-state index in [2.05, 4.69) is 58.9 Å². The van der Waals surface area contributed by atoms with Gasteiger partial charge in [0.05, 0.1) is 43.4 Å². The first kappa shape index (κ1) is 45.7. The Morgan fingerprint density at radius 3 is 1.32 bits per heavy atom. The van der Waals surface area contributed by atoms with Gasteiger partial charge in [-0.05, 0) is 140 Å². The molecule has 8 rings (SSSR count). The summed E-state index contributed by atoms with van der Waals surface area (Å²) in [6.07, 6.45) is 3.53. The Hall–Kier alpha value is -6.85. The molecule has 0 aliphatic carbocycles. The van der Waals surface area contributed by atoms with Crippen molar-refractivity contribution in [1.29, 1.82) is 0 Å². The number of amides is 4. The van der Waals surface area contributed by atoms with Crippen LogP contribution in [0.4, 0.5) is 11.4 Å². The molecular weight excluding hydrogens is 849 g/mol. The van der Waals surface area contributed by atoms with Crippen LogP contribution in [0.2, 0.25) is 0 Å². The first-order valence-electron chi connectivity index (χ1n) is 22.5. The molecule has 0 aromatic heterocycles. The number of sulfone groups is 1. The molecule has 0 saturated carbocycles. The molecule has 0 fully saturated rings. The monoisotopic (exact) mass is 902 g/mol. The first-order chi connectivity index (χ1) is 31.4. The number of ether oxygens (including phenoxy) is 2. The van der Waals surface area contributed by atoms with Gasteiger partial charge in [-0.15, -0.1) is 0 Å². The van der Waals surface area contributed by atoms with E-state index in [0.717, 1.165) is 28.2 Å². The molecule has 0 unspecified atom stereocenters. The zero-order valence-corrected chi connectivity index (χ0v) is 39.4. The zero-order valence-electron chi connectivity index (χ0n) is 38.6. The van der Waals surface area contributed by atoms with Crippen molar-refractivity contribution in [2.75, 3.05) is 9.80 Å².